The van der Waals surface area contributed by atoms with E-state index in [1.54, 1.807) is 24.3 Å². The summed E-state index contributed by atoms with van der Waals surface area (Å²) in [5, 5.41) is 14.7. The smallest absolute Gasteiger partial charge is 0.266 e. The maximum Gasteiger partial charge on any atom is 0.266 e. The molecule has 1 N–H and O–H groups in total. The van der Waals surface area contributed by atoms with Gasteiger partial charge in [-0.2, -0.15) is 5.26 Å². The molecule has 0 aliphatic heterocycles. The zero-order chi connectivity index (χ0) is 25.5. The van der Waals surface area contributed by atoms with Crippen molar-refractivity contribution >= 4 is 67.0 Å². The average molecular weight is 653 g/mol. The van der Waals surface area contributed by atoms with Gasteiger partial charge in [0.05, 0.1) is 14.6 Å². The summed E-state index contributed by atoms with van der Waals surface area (Å²) in [5.41, 5.74) is 2.35. The predicted octanol–water partition coefficient (Wildman–Crippen LogP) is 7.73. The Hall–Kier alpha value is -3.35. The Labute approximate surface area is 232 Å². The highest BCUT2D eigenvalue weighted by molar-refractivity contribution is 14.1. The molecule has 0 spiro atoms. The number of ether oxygens (including phenoxy) is 2. The van der Waals surface area contributed by atoms with Crippen LogP contribution in [0, 0.1) is 14.9 Å². The minimum absolute atomic E-state index is 0.0102. The second-order valence-electron chi connectivity index (χ2n) is 7.83. The Morgan fingerprint density at radius 3 is 2.61 bits per heavy atom. The number of nitrogens with zero attached hydrogens (tertiary/aromatic N) is 1. The first-order chi connectivity index (χ1) is 17.5. The molecule has 0 bridgehead atoms. The molecule has 0 heterocycles. The molecule has 5 nitrogen and oxygen atoms in total. The van der Waals surface area contributed by atoms with Gasteiger partial charge in [0.1, 0.15) is 29.7 Å². The Kier molecular flexibility index (Phi) is 8.62. The molecule has 0 aromatic heterocycles. The first-order valence-electron chi connectivity index (χ1n) is 11.2. The third-order valence-electron chi connectivity index (χ3n) is 5.35. The van der Waals surface area contributed by atoms with Crippen molar-refractivity contribution in [2.75, 3.05) is 11.9 Å². The van der Waals surface area contributed by atoms with Gasteiger partial charge in [0.15, 0.2) is 0 Å². The van der Waals surface area contributed by atoms with Crippen LogP contribution >= 0.6 is 38.5 Å². The molecular formula is C29H22BrIN2O3. The summed E-state index contributed by atoms with van der Waals surface area (Å²) < 4.78 is 13.2. The standard InChI is InChI=1S/C29H22BrIN2O3/c1-2-35-24-11-6-10-23(16-24)33-29(34)22(17-32)13-19-14-26(30)28(27(31)15-19)36-18-21-9-5-8-20-7-3-4-12-25(20)21/h3-16H,2,18H2,1H3,(H,33,34)/b22-13-. The number of anilines is 1. The van der Waals surface area contributed by atoms with E-state index in [-0.39, 0.29) is 5.57 Å². The second kappa shape index (κ2) is 12.1. The average Bonchev–Trinajstić information content (AvgIpc) is 2.87. The molecule has 0 radical (unpaired) electrons. The van der Waals surface area contributed by atoms with Crippen molar-refractivity contribution in [1.29, 1.82) is 5.26 Å². The summed E-state index contributed by atoms with van der Waals surface area (Å²) in [7, 11) is 0. The highest BCUT2D eigenvalue weighted by Gasteiger charge is 2.13. The molecule has 0 aliphatic carbocycles. The van der Waals surface area contributed by atoms with Crippen LogP contribution in [0.5, 0.6) is 11.5 Å². The molecule has 7 heteroatoms. The fourth-order valence-electron chi connectivity index (χ4n) is 3.71. The Morgan fingerprint density at radius 1 is 1.06 bits per heavy atom. The van der Waals surface area contributed by atoms with E-state index in [1.165, 1.54) is 5.39 Å². The van der Waals surface area contributed by atoms with Gasteiger partial charge in [-0.25, -0.2) is 0 Å². The number of hydrogen-bond acceptors (Lipinski definition) is 4. The van der Waals surface area contributed by atoms with Crippen molar-refractivity contribution < 1.29 is 14.3 Å². The summed E-state index contributed by atoms with van der Waals surface area (Å²) in [6.07, 6.45) is 1.56. The summed E-state index contributed by atoms with van der Waals surface area (Å²) in [6, 6.07) is 27.1. The van der Waals surface area contributed by atoms with E-state index >= 15 is 0 Å². The molecule has 0 saturated carbocycles. The van der Waals surface area contributed by atoms with Crippen molar-refractivity contribution in [3.63, 3.8) is 0 Å². The Bertz CT molecular complexity index is 1470. The number of rotatable bonds is 8. The zero-order valence-corrected chi connectivity index (χ0v) is 23.2. The minimum Gasteiger partial charge on any atom is -0.494 e. The lowest BCUT2D eigenvalue weighted by atomic mass is 10.1. The number of halogens is 2. The number of carbonyl (C=O) groups excluding carboxylic acids is 1. The molecule has 0 unspecified atom stereocenters. The number of carbonyl (C=O) groups is 1. The summed E-state index contributed by atoms with van der Waals surface area (Å²) in [4.78, 5) is 12.7. The fraction of sp³-hybridized carbons (Fsp3) is 0.103. The quantitative estimate of drug-likeness (QED) is 0.120. The Balaban J connectivity index is 1.51. The van der Waals surface area contributed by atoms with Crippen LogP contribution in [0.15, 0.2) is 88.9 Å². The van der Waals surface area contributed by atoms with Gasteiger partial charge in [-0.05, 0) is 97.7 Å². The number of hydrogen-bond donors (Lipinski definition) is 1. The molecule has 4 aromatic carbocycles. The van der Waals surface area contributed by atoms with E-state index in [0.29, 0.717) is 36.0 Å². The van der Waals surface area contributed by atoms with Crippen LogP contribution in [0.3, 0.4) is 0 Å². The van der Waals surface area contributed by atoms with E-state index in [0.717, 1.165) is 19.0 Å². The molecule has 4 rings (SSSR count). The highest BCUT2D eigenvalue weighted by Crippen LogP contribution is 2.34. The van der Waals surface area contributed by atoms with Gasteiger partial charge >= 0.3 is 0 Å². The van der Waals surface area contributed by atoms with Crippen molar-refractivity contribution in [2.45, 2.75) is 13.5 Å². The predicted molar refractivity (Wildman–Crippen MR) is 155 cm³/mol. The molecule has 0 aliphatic rings. The van der Waals surface area contributed by atoms with Crippen LogP contribution in [0.25, 0.3) is 16.8 Å². The molecule has 1 amide bonds. The third kappa shape index (κ3) is 6.25. The topological polar surface area (TPSA) is 71.3 Å². The maximum absolute atomic E-state index is 12.7. The lowest BCUT2D eigenvalue weighted by Gasteiger charge is -2.13. The molecule has 180 valence electrons. The number of amides is 1. The monoisotopic (exact) mass is 652 g/mol. The largest absolute Gasteiger partial charge is 0.494 e. The lowest BCUT2D eigenvalue weighted by Crippen LogP contribution is -2.13. The highest BCUT2D eigenvalue weighted by atomic mass is 127. The molecule has 0 fully saturated rings. The van der Waals surface area contributed by atoms with Crippen LogP contribution in [0.2, 0.25) is 0 Å². The van der Waals surface area contributed by atoms with Crippen LogP contribution < -0.4 is 14.8 Å². The summed E-state index contributed by atoms with van der Waals surface area (Å²) >= 11 is 5.79. The Morgan fingerprint density at radius 2 is 1.83 bits per heavy atom. The first-order valence-corrected chi connectivity index (χ1v) is 13.1. The summed E-state index contributed by atoms with van der Waals surface area (Å²) in [5.74, 6) is 0.861. The van der Waals surface area contributed by atoms with Crippen molar-refractivity contribution in [1.82, 2.24) is 0 Å². The van der Waals surface area contributed by atoms with Gasteiger partial charge in [0.2, 0.25) is 0 Å². The number of benzene rings is 4. The molecule has 36 heavy (non-hydrogen) atoms. The first kappa shape index (κ1) is 25.7. The van der Waals surface area contributed by atoms with Gasteiger partial charge in [-0.1, -0.05) is 48.5 Å². The van der Waals surface area contributed by atoms with E-state index < -0.39 is 5.91 Å². The van der Waals surface area contributed by atoms with Gasteiger partial charge in [-0.3, -0.25) is 4.79 Å². The fourth-order valence-corrected chi connectivity index (χ4v) is 5.48. The van der Waals surface area contributed by atoms with E-state index in [4.69, 9.17) is 9.47 Å². The van der Waals surface area contributed by atoms with Gasteiger partial charge in [0, 0.05) is 11.8 Å². The lowest BCUT2D eigenvalue weighted by molar-refractivity contribution is -0.112. The second-order valence-corrected chi connectivity index (χ2v) is 9.84. The van der Waals surface area contributed by atoms with Gasteiger partial charge < -0.3 is 14.8 Å². The minimum atomic E-state index is -0.492. The van der Waals surface area contributed by atoms with Gasteiger partial charge in [-0.15, -0.1) is 0 Å². The normalized spacial score (nSPS) is 11.1. The maximum atomic E-state index is 12.7. The van der Waals surface area contributed by atoms with Crippen LogP contribution in [-0.4, -0.2) is 12.5 Å². The van der Waals surface area contributed by atoms with Crippen molar-refractivity contribution in [3.8, 4) is 17.6 Å². The van der Waals surface area contributed by atoms with Crippen LogP contribution in [-0.2, 0) is 11.4 Å². The molecule has 0 saturated heterocycles. The number of fused-ring (bicyclic) bond motifs is 1. The van der Waals surface area contributed by atoms with E-state index in [2.05, 4.69) is 68.1 Å². The third-order valence-corrected chi connectivity index (χ3v) is 6.74. The van der Waals surface area contributed by atoms with E-state index in [9.17, 15) is 10.1 Å². The van der Waals surface area contributed by atoms with Gasteiger partial charge in [0.25, 0.3) is 5.91 Å². The van der Waals surface area contributed by atoms with E-state index in [1.807, 2.05) is 49.4 Å². The molecular weight excluding hydrogens is 631 g/mol. The summed E-state index contributed by atoms with van der Waals surface area (Å²) in [6.45, 7) is 2.83. The van der Waals surface area contributed by atoms with Crippen LogP contribution in [0.4, 0.5) is 5.69 Å². The van der Waals surface area contributed by atoms with Crippen molar-refractivity contribution in [3.05, 3.63) is 104 Å². The molecule has 0 atom stereocenters. The van der Waals surface area contributed by atoms with Crippen LogP contribution in [0.1, 0.15) is 18.1 Å². The number of nitrogens with one attached hydrogen (secondary N) is 1. The number of nitriles is 1. The SMILES string of the molecule is CCOc1cccc(NC(=O)/C(C#N)=C\c2cc(Br)c(OCc3cccc4ccccc34)c(I)c2)c1. The van der Waals surface area contributed by atoms with Crippen molar-refractivity contribution in [2.24, 2.45) is 0 Å². The zero-order valence-electron chi connectivity index (χ0n) is 19.4. The molecule has 4 aromatic rings.